The number of hydrogen-bond acceptors (Lipinski definition) is 3. The summed E-state index contributed by atoms with van der Waals surface area (Å²) in [5.41, 5.74) is 4.95. The standard InChI is InChI=1S/C28H36O3/c1-8-27(30,9-2)17-16-22-12-13-23(18-20(22)5)28(10-3,11-4)24-14-15-25(21(6)19-24)26(29)31-7/h12-15,18-19,30H,8-11H2,1-7H3. The molecule has 0 radical (unpaired) electrons. The number of aryl methyl sites for hydroxylation is 2. The van der Waals surface area contributed by atoms with Crippen molar-refractivity contribution < 1.29 is 14.6 Å². The summed E-state index contributed by atoms with van der Waals surface area (Å²) in [4.78, 5) is 12.0. The number of aliphatic hydroxyl groups is 1. The van der Waals surface area contributed by atoms with Crippen molar-refractivity contribution >= 4 is 5.97 Å². The molecule has 0 unspecified atom stereocenters. The summed E-state index contributed by atoms with van der Waals surface area (Å²) in [5, 5.41) is 10.5. The van der Waals surface area contributed by atoms with Crippen LogP contribution in [0.3, 0.4) is 0 Å². The average molecular weight is 421 g/mol. The predicted molar refractivity (Wildman–Crippen MR) is 127 cm³/mol. The van der Waals surface area contributed by atoms with Gasteiger partial charge in [0.2, 0.25) is 0 Å². The summed E-state index contributed by atoms with van der Waals surface area (Å²) in [7, 11) is 1.41. The first-order chi connectivity index (χ1) is 14.7. The van der Waals surface area contributed by atoms with Gasteiger partial charge in [-0.25, -0.2) is 4.79 Å². The molecular formula is C28H36O3. The highest BCUT2D eigenvalue weighted by atomic mass is 16.5. The normalized spacial score (nSPS) is 11.6. The Morgan fingerprint density at radius 2 is 1.45 bits per heavy atom. The van der Waals surface area contributed by atoms with Crippen LogP contribution in [0.4, 0.5) is 0 Å². The van der Waals surface area contributed by atoms with Crippen molar-refractivity contribution in [2.45, 2.75) is 78.2 Å². The first-order valence-corrected chi connectivity index (χ1v) is 11.3. The number of ether oxygens (including phenoxy) is 1. The van der Waals surface area contributed by atoms with Crippen molar-refractivity contribution in [2.24, 2.45) is 0 Å². The number of hydrogen-bond donors (Lipinski definition) is 1. The molecule has 2 aromatic carbocycles. The van der Waals surface area contributed by atoms with Crippen molar-refractivity contribution in [3.05, 3.63) is 69.8 Å². The Kier molecular flexibility index (Phi) is 8.09. The van der Waals surface area contributed by atoms with E-state index in [1.54, 1.807) is 0 Å². The van der Waals surface area contributed by atoms with Gasteiger partial charge in [0.25, 0.3) is 0 Å². The second-order valence-electron chi connectivity index (χ2n) is 8.33. The molecule has 0 aliphatic carbocycles. The van der Waals surface area contributed by atoms with Crippen molar-refractivity contribution in [1.82, 2.24) is 0 Å². The molecule has 0 aromatic heterocycles. The molecule has 166 valence electrons. The lowest BCUT2D eigenvalue weighted by molar-refractivity contribution is 0.0599. The van der Waals surface area contributed by atoms with Gasteiger partial charge >= 0.3 is 5.97 Å². The molecule has 0 saturated carbocycles. The van der Waals surface area contributed by atoms with Gasteiger partial charge in [-0.1, -0.05) is 63.8 Å². The molecule has 2 aromatic rings. The van der Waals surface area contributed by atoms with Gasteiger partial charge in [0.15, 0.2) is 0 Å². The van der Waals surface area contributed by atoms with E-state index < -0.39 is 5.60 Å². The molecule has 0 aliphatic rings. The lowest BCUT2D eigenvalue weighted by Gasteiger charge is -2.34. The van der Waals surface area contributed by atoms with Gasteiger partial charge in [-0.2, -0.15) is 0 Å². The first-order valence-electron chi connectivity index (χ1n) is 11.3. The zero-order valence-corrected chi connectivity index (χ0v) is 20.1. The Labute approximate surface area is 187 Å². The van der Waals surface area contributed by atoms with Crippen molar-refractivity contribution in [2.75, 3.05) is 7.11 Å². The highest BCUT2D eigenvalue weighted by molar-refractivity contribution is 5.91. The molecule has 0 aliphatic heterocycles. The van der Waals surface area contributed by atoms with Crippen LogP contribution >= 0.6 is 0 Å². The van der Waals surface area contributed by atoms with E-state index in [4.69, 9.17) is 4.74 Å². The van der Waals surface area contributed by atoms with E-state index in [2.05, 4.69) is 62.9 Å². The second kappa shape index (κ2) is 10.2. The molecule has 31 heavy (non-hydrogen) atoms. The van der Waals surface area contributed by atoms with Crippen LogP contribution in [0.1, 0.15) is 91.6 Å². The second-order valence-corrected chi connectivity index (χ2v) is 8.33. The number of methoxy groups -OCH3 is 1. The first kappa shape index (κ1) is 24.7. The Bertz CT molecular complexity index is 983. The van der Waals surface area contributed by atoms with Crippen LogP contribution in [0, 0.1) is 25.7 Å². The third-order valence-corrected chi connectivity index (χ3v) is 6.77. The zero-order chi connectivity index (χ0) is 23.2. The molecule has 3 heteroatoms. The van der Waals surface area contributed by atoms with Crippen molar-refractivity contribution in [3.8, 4) is 11.8 Å². The lowest BCUT2D eigenvalue weighted by Crippen LogP contribution is -2.26. The minimum atomic E-state index is -0.930. The van der Waals surface area contributed by atoms with E-state index in [0.717, 1.165) is 29.5 Å². The fourth-order valence-electron chi connectivity index (χ4n) is 4.25. The summed E-state index contributed by atoms with van der Waals surface area (Å²) in [6.07, 6.45) is 3.11. The molecule has 0 bridgehead atoms. The zero-order valence-electron chi connectivity index (χ0n) is 20.1. The van der Waals surface area contributed by atoms with Gasteiger partial charge in [-0.3, -0.25) is 0 Å². The number of carbonyl (C=O) groups excluding carboxylic acids is 1. The van der Waals surface area contributed by atoms with Crippen LogP contribution in [0.15, 0.2) is 36.4 Å². The molecule has 0 amide bonds. The van der Waals surface area contributed by atoms with Gasteiger partial charge in [-0.15, -0.1) is 0 Å². The molecule has 2 rings (SSSR count). The maximum atomic E-state index is 12.0. The fourth-order valence-corrected chi connectivity index (χ4v) is 4.25. The molecule has 0 fully saturated rings. The van der Waals surface area contributed by atoms with Gasteiger partial charge < -0.3 is 9.84 Å². The number of benzene rings is 2. The van der Waals surface area contributed by atoms with E-state index in [1.807, 2.05) is 26.8 Å². The van der Waals surface area contributed by atoms with Crippen molar-refractivity contribution in [1.29, 1.82) is 0 Å². The minimum absolute atomic E-state index is 0.149. The predicted octanol–water partition coefficient (Wildman–Crippen LogP) is 6.10. The van der Waals surface area contributed by atoms with E-state index in [-0.39, 0.29) is 11.4 Å². The monoisotopic (exact) mass is 420 g/mol. The van der Waals surface area contributed by atoms with Crippen LogP contribution in [-0.2, 0) is 10.2 Å². The topological polar surface area (TPSA) is 46.5 Å². The summed E-state index contributed by atoms with van der Waals surface area (Å²) in [5.74, 6) is 5.95. The van der Waals surface area contributed by atoms with Gasteiger partial charge in [-0.05, 0) is 73.9 Å². The van der Waals surface area contributed by atoms with E-state index in [1.165, 1.54) is 18.2 Å². The smallest absolute Gasteiger partial charge is 0.338 e. The Morgan fingerprint density at radius 3 is 1.90 bits per heavy atom. The Balaban J connectivity index is 2.53. The number of esters is 1. The fraction of sp³-hybridized carbons (Fsp3) is 0.464. The number of carbonyl (C=O) groups is 1. The van der Waals surface area contributed by atoms with Gasteiger partial charge in [0, 0.05) is 11.0 Å². The summed E-state index contributed by atoms with van der Waals surface area (Å²) in [6, 6.07) is 12.5. The highest BCUT2D eigenvalue weighted by Crippen LogP contribution is 2.40. The quantitative estimate of drug-likeness (QED) is 0.435. The molecule has 0 spiro atoms. The largest absolute Gasteiger partial charge is 0.465 e. The maximum Gasteiger partial charge on any atom is 0.338 e. The van der Waals surface area contributed by atoms with Crippen LogP contribution in [0.25, 0.3) is 0 Å². The van der Waals surface area contributed by atoms with Gasteiger partial charge in [0.05, 0.1) is 12.7 Å². The molecule has 0 heterocycles. The minimum Gasteiger partial charge on any atom is -0.465 e. The summed E-state index contributed by atoms with van der Waals surface area (Å²) in [6.45, 7) is 12.4. The van der Waals surface area contributed by atoms with Crippen LogP contribution in [-0.4, -0.2) is 23.8 Å². The molecule has 1 N–H and O–H groups in total. The average Bonchev–Trinajstić information content (AvgIpc) is 2.79. The molecule has 0 atom stereocenters. The van der Waals surface area contributed by atoms with E-state index in [9.17, 15) is 9.90 Å². The Morgan fingerprint density at radius 1 is 0.903 bits per heavy atom. The summed E-state index contributed by atoms with van der Waals surface area (Å²) < 4.78 is 4.90. The third kappa shape index (κ3) is 5.02. The van der Waals surface area contributed by atoms with Crippen molar-refractivity contribution in [3.63, 3.8) is 0 Å². The molecule has 0 saturated heterocycles. The third-order valence-electron chi connectivity index (χ3n) is 6.77. The van der Waals surface area contributed by atoms with E-state index >= 15 is 0 Å². The lowest BCUT2D eigenvalue weighted by atomic mass is 9.69. The summed E-state index contributed by atoms with van der Waals surface area (Å²) >= 11 is 0. The Hall–Kier alpha value is -2.57. The number of rotatable bonds is 7. The van der Waals surface area contributed by atoms with Crippen LogP contribution in [0.2, 0.25) is 0 Å². The maximum absolute atomic E-state index is 12.0. The highest BCUT2D eigenvalue weighted by Gasteiger charge is 2.31. The van der Waals surface area contributed by atoms with Gasteiger partial charge in [0.1, 0.15) is 5.60 Å². The molecular weight excluding hydrogens is 384 g/mol. The van der Waals surface area contributed by atoms with E-state index in [0.29, 0.717) is 18.4 Å². The van der Waals surface area contributed by atoms with Crippen LogP contribution in [0.5, 0.6) is 0 Å². The molecule has 3 nitrogen and oxygen atoms in total. The SMILES string of the molecule is CCC(O)(C#Cc1ccc(C(CC)(CC)c2ccc(C(=O)OC)c(C)c2)cc1C)CC. The van der Waals surface area contributed by atoms with Crippen LogP contribution < -0.4 is 0 Å².